The monoisotopic (exact) mass is 292 g/mol. The second-order valence-electron chi connectivity index (χ2n) is 5.00. The van der Waals surface area contributed by atoms with Crippen LogP contribution in [0, 0.1) is 0 Å². The third kappa shape index (κ3) is 21.3. The van der Waals surface area contributed by atoms with Gasteiger partial charge in [-0.1, -0.05) is 57.6 Å². The molecule has 0 aliphatic heterocycles. The first kappa shape index (κ1) is 22.1. The van der Waals surface area contributed by atoms with Crippen molar-refractivity contribution in [3.05, 3.63) is 12.2 Å². The molecular weight excluding hydrogens is 263 g/mol. The van der Waals surface area contributed by atoms with Crippen molar-refractivity contribution in [3.8, 4) is 0 Å². The van der Waals surface area contributed by atoms with E-state index in [0.717, 1.165) is 19.3 Å². The second kappa shape index (κ2) is 18.8. The summed E-state index contributed by atoms with van der Waals surface area (Å²) in [5.74, 6) is -0.916. The van der Waals surface area contributed by atoms with E-state index in [9.17, 15) is 9.90 Å². The Labute approximate surface area is 161 Å². The summed E-state index contributed by atoms with van der Waals surface area (Å²) in [6, 6.07) is 0. The van der Waals surface area contributed by atoms with E-state index in [0.29, 0.717) is 0 Å². The number of hydrogen-bond acceptors (Lipinski definition) is 2. The van der Waals surface area contributed by atoms with Crippen molar-refractivity contribution in [3.63, 3.8) is 0 Å². The summed E-state index contributed by atoms with van der Waals surface area (Å²) in [5.41, 5.74) is 0. The Morgan fingerprint density at radius 3 is 1.84 bits per heavy atom. The van der Waals surface area contributed by atoms with Crippen molar-refractivity contribution in [2.24, 2.45) is 0 Å². The van der Waals surface area contributed by atoms with E-state index in [1.54, 1.807) is 0 Å². The van der Waals surface area contributed by atoms with Crippen molar-refractivity contribution in [2.45, 2.75) is 84.0 Å². The number of carboxylic acid groups (broad SMARTS) is 1. The van der Waals surface area contributed by atoms with Crippen LogP contribution in [0.15, 0.2) is 12.2 Å². The molecule has 0 atom stereocenters. The first-order valence-corrected chi connectivity index (χ1v) is 7.62. The maximum absolute atomic E-state index is 10.2. The number of hydrogen-bond donors (Lipinski definition) is 0. The number of rotatable bonds is 13. The van der Waals surface area contributed by atoms with Gasteiger partial charge in [0, 0.05) is 5.97 Å². The van der Waals surface area contributed by atoms with Gasteiger partial charge in [-0.2, -0.15) is 0 Å². The van der Waals surface area contributed by atoms with Crippen molar-refractivity contribution in [1.29, 1.82) is 0 Å². The molecule has 0 saturated carbocycles. The van der Waals surface area contributed by atoms with Crippen LogP contribution in [0.1, 0.15) is 84.0 Å². The van der Waals surface area contributed by atoms with Crippen LogP contribution >= 0.6 is 0 Å². The quantitative estimate of drug-likeness (QED) is 0.289. The van der Waals surface area contributed by atoms with Gasteiger partial charge in [0.1, 0.15) is 0 Å². The normalized spacial score (nSPS) is 10.6. The fourth-order valence-corrected chi connectivity index (χ4v) is 1.99. The number of aliphatic carboxylic acids is 1. The zero-order valence-electron chi connectivity index (χ0n) is 13.0. The third-order valence-corrected chi connectivity index (χ3v) is 3.14. The topological polar surface area (TPSA) is 40.1 Å². The molecule has 0 aliphatic rings. The molecule has 0 radical (unpaired) electrons. The number of unbranched alkanes of at least 4 members (excludes halogenated alkanes) is 9. The Morgan fingerprint density at radius 2 is 1.32 bits per heavy atom. The van der Waals surface area contributed by atoms with Gasteiger partial charge in [-0.25, -0.2) is 0 Å². The number of carbonyl (C=O) groups excluding carboxylic acids is 1. The Hall–Kier alpha value is 0.846. The summed E-state index contributed by atoms with van der Waals surface area (Å²) < 4.78 is 0. The van der Waals surface area contributed by atoms with Crippen molar-refractivity contribution < 1.29 is 61.3 Å². The molecule has 0 saturated heterocycles. The van der Waals surface area contributed by atoms with Crippen LogP contribution in [-0.4, -0.2) is 5.97 Å². The summed E-state index contributed by atoms with van der Waals surface area (Å²) in [6.45, 7) is 2.24. The smallest absolute Gasteiger partial charge is 0.550 e. The summed E-state index contributed by atoms with van der Waals surface area (Å²) in [7, 11) is 0. The van der Waals surface area contributed by atoms with Gasteiger partial charge in [0.05, 0.1) is 0 Å². The minimum absolute atomic E-state index is 0. The molecular formula is C16H29KO2. The molecule has 0 heterocycles. The molecule has 2 nitrogen and oxygen atoms in total. The predicted octanol–water partition coefficient (Wildman–Crippen LogP) is 0.998. The van der Waals surface area contributed by atoms with Crippen LogP contribution in [0.5, 0.6) is 0 Å². The first-order valence-electron chi connectivity index (χ1n) is 7.62. The minimum atomic E-state index is -0.916. The summed E-state index contributed by atoms with van der Waals surface area (Å²) in [6.07, 6.45) is 18.0. The van der Waals surface area contributed by atoms with E-state index in [2.05, 4.69) is 19.1 Å². The number of carboxylic acids is 1. The Balaban J connectivity index is 0. The average molecular weight is 293 g/mol. The molecule has 0 unspecified atom stereocenters. The van der Waals surface area contributed by atoms with E-state index >= 15 is 0 Å². The minimum Gasteiger partial charge on any atom is -0.550 e. The average Bonchev–Trinajstić information content (AvgIpc) is 2.34. The van der Waals surface area contributed by atoms with Crippen LogP contribution in [-0.2, 0) is 4.79 Å². The van der Waals surface area contributed by atoms with Crippen LogP contribution in [0.2, 0.25) is 0 Å². The van der Waals surface area contributed by atoms with Gasteiger partial charge >= 0.3 is 51.4 Å². The first-order chi connectivity index (χ1) is 8.77. The van der Waals surface area contributed by atoms with Crippen LogP contribution in [0.25, 0.3) is 0 Å². The molecule has 0 aliphatic carbocycles. The van der Waals surface area contributed by atoms with Crippen LogP contribution < -0.4 is 56.5 Å². The largest absolute Gasteiger partial charge is 1.00 e. The number of carbonyl (C=O) groups is 1. The fraction of sp³-hybridized carbons (Fsp3) is 0.812. The van der Waals surface area contributed by atoms with E-state index in [-0.39, 0.29) is 57.8 Å². The molecule has 0 aromatic rings. The molecule has 0 bridgehead atoms. The molecule has 0 aromatic carbocycles. The zero-order chi connectivity index (χ0) is 13.5. The Morgan fingerprint density at radius 1 is 0.842 bits per heavy atom. The molecule has 0 aromatic heterocycles. The molecule has 3 heteroatoms. The van der Waals surface area contributed by atoms with Crippen LogP contribution in [0.3, 0.4) is 0 Å². The molecule has 0 amide bonds. The molecule has 0 fully saturated rings. The van der Waals surface area contributed by atoms with Crippen molar-refractivity contribution in [2.75, 3.05) is 0 Å². The molecule has 0 spiro atoms. The molecule has 106 valence electrons. The van der Waals surface area contributed by atoms with Crippen molar-refractivity contribution in [1.82, 2.24) is 0 Å². The maximum atomic E-state index is 10.2. The summed E-state index contributed by atoms with van der Waals surface area (Å²) in [4.78, 5) is 10.2. The summed E-state index contributed by atoms with van der Waals surface area (Å²) in [5, 5.41) is 10.2. The Bertz CT molecular complexity index is 215. The van der Waals surface area contributed by atoms with Gasteiger partial charge in [-0.3, -0.25) is 0 Å². The number of allylic oxidation sites excluding steroid dienone is 2. The summed E-state index contributed by atoms with van der Waals surface area (Å²) >= 11 is 0. The van der Waals surface area contributed by atoms with Crippen molar-refractivity contribution >= 4 is 5.97 Å². The van der Waals surface area contributed by atoms with Gasteiger partial charge in [-0.05, 0) is 38.5 Å². The molecule has 19 heavy (non-hydrogen) atoms. The Kier molecular flexibility index (Phi) is 22.0. The maximum Gasteiger partial charge on any atom is 1.00 e. The third-order valence-electron chi connectivity index (χ3n) is 3.14. The van der Waals surface area contributed by atoms with E-state index < -0.39 is 5.97 Å². The second-order valence-corrected chi connectivity index (χ2v) is 5.00. The zero-order valence-corrected chi connectivity index (χ0v) is 16.1. The van der Waals surface area contributed by atoms with Gasteiger partial charge < -0.3 is 9.90 Å². The van der Waals surface area contributed by atoms with E-state index in [1.165, 1.54) is 51.4 Å². The van der Waals surface area contributed by atoms with E-state index in [4.69, 9.17) is 0 Å². The molecule has 0 rings (SSSR count). The fourth-order valence-electron chi connectivity index (χ4n) is 1.99. The SMILES string of the molecule is CCCCCCC=CCCCCCCCC(=O)[O-].[K+]. The van der Waals surface area contributed by atoms with Gasteiger partial charge in [0.2, 0.25) is 0 Å². The van der Waals surface area contributed by atoms with Gasteiger partial charge in [-0.15, -0.1) is 0 Å². The van der Waals surface area contributed by atoms with Gasteiger partial charge in [0.25, 0.3) is 0 Å². The molecule has 0 N–H and O–H groups in total. The predicted molar refractivity (Wildman–Crippen MR) is 75.2 cm³/mol. The standard InChI is InChI=1S/C16H30O2.K/c1-2-3-4-5-6-7-8-9-10-11-12-13-14-15-16(17)18;/h7-8H,2-6,9-15H2,1H3,(H,17,18);/q;+1/p-1. The van der Waals surface area contributed by atoms with Crippen LogP contribution in [0.4, 0.5) is 0 Å². The van der Waals surface area contributed by atoms with E-state index in [1.807, 2.05) is 0 Å². The van der Waals surface area contributed by atoms with Gasteiger partial charge in [0.15, 0.2) is 0 Å².